The van der Waals surface area contributed by atoms with E-state index >= 15 is 0 Å². The molecule has 0 saturated heterocycles. The molecule has 0 heterocycles. The summed E-state index contributed by atoms with van der Waals surface area (Å²) in [4.78, 5) is 23.7. The van der Waals surface area contributed by atoms with Gasteiger partial charge in [0.05, 0.1) is 0 Å². The lowest BCUT2D eigenvalue weighted by molar-refractivity contribution is -0.131. The number of hydrogen-bond donors (Lipinski definition) is 2. The fourth-order valence-electron chi connectivity index (χ4n) is 2.01. The summed E-state index contributed by atoms with van der Waals surface area (Å²) in [5.41, 5.74) is 0. The van der Waals surface area contributed by atoms with Crippen LogP contribution in [0.3, 0.4) is 0 Å². The van der Waals surface area contributed by atoms with Gasteiger partial charge in [0.1, 0.15) is 6.04 Å². The Morgan fingerprint density at radius 2 is 1.39 bits per heavy atom. The van der Waals surface area contributed by atoms with Crippen molar-refractivity contribution in [2.24, 2.45) is 17.8 Å². The highest BCUT2D eigenvalue weighted by Gasteiger charge is 2.23. The van der Waals surface area contributed by atoms with Gasteiger partial charge in [0.2, 0.25) is 11.8 Å². The first-order valence-electron chi connectivity index (χ1n) is 6.79. The van der Waals surface area contributed by atoms with Crippen molar-refractivity contribution in [3.05, 3.63) is 0 Å². The van der Waals surface area contributed by atoms with E-state index in [-0.39, 0.29) is 17.7 Å². The average Bonchev–Trinajstić information content (AvgIpc) is 2.25. The van der Waals surface area contributed by atoms with Crippen LogP contribution in [0.25, 0.3) is 0 Å². The van der Waals surface area contributed by atoms with Gasteiger partial charge in [0.15, 0.2) is 0 Å². The lowest BCUT2D eigenvalue weighted by atomic mass is 9.97. The number of amides is 2. The average molecular weight is 256 g/mol. The first-order valence-corrected chi connectivity index (χ1v) is 6.79. The van der Waals surface area contributed by atoms with Crippen molar-refractivity contribution in [1.29, 1.82) is 0 Å². The van der Waals surface area contributed by atoms with E-state index in [0.29, 0.717) is 18.3 Å². The van der Waals surface area contributed by atoms with Crippen LogP contribution in [0.1, 0.15) is 47.5 Å². The van der Waals surface area contributed by atoms with Crippen molar-refractivity contribution in [1.82, 2.24) is 10.6 Å². The highest BCUT2D eigenvalue weighted by atomic mass is 16.2. The largest absolute Gasteiger partial charge is 0.357 e. The SMILES string of the molecule is CNC(=O)[C@H](CC(C)C)NC(=O)C(C)CC(C)C. The van der Waals surface area contributed by atoms with Gasteiger partial charge in [-0.05, 0) is 24.7 Å². The molecule has 0 fully saturated rings. The molecule has 0 aliphatic rings. The van der Waals surface area contributed by atoms with Crippen LogP contribution < -0.4 is 10.6 Å². The number of carbonyl (C=O) groups excluding carboxylic acids is 2. The molecule has 0 bridgehead atoms. The van der Waals surface area contributed by atoms with Gasteiger partial charge in [0.25, 0.3) is 0 Å². The molecule has 1 unspecified atom stereocenters. The van der Waals surface area contributed by atoms with Crippen LogP contribution >= 0.6 is 0 Å². The van der Waals surface area contributed by atoms with E-state index in [1.807, 2.05) is 20.8 Å². The third-order valence-corrected chi connectivity index (χ3v) is 2.86. The van der Waals surface area contributed by atoms with E-state index in [1.165, 1.54) is 0 Å². The molecule has 0 aromatic heterocycles. The molecule has 2 atom stereocenters. The van der Waals surface area contributed by atoms with Crippen molar-refractivity contribution in [3.8, 4) is 0 Å². The van der Waals surface area contributed by atoms with Gasteiger partial charge in [-0.1, -0.05) is 34.6 Å². The summed E-state index contributed by atoms with van der Waals surface area (Å²) in [6.07, 6.45) is 1.51. The van der Waals surface area contributed by atoms with E-state index in [9.17, 15) is 9.59 Å². The van der Waals surface area contributed by atoms with E-state index in [4.69, 9.17) is 0 Å². The summed E-state index contributed by atoms with van der Waals surface area (Å²) >= 11 is 0. The summed E-state index contributed by atoms with van der Waals surface area (Å²) < 4.78 is 0. The van der Waals surface area contributed by atoms with Gasteiger partial charge in [-0.25, -0.2) is 0 Å². The van der Waals surface area contributed by atoms with Crippen molar-refractivity contribution in [2.45, 2.75) is 53.5 Å². The third-order valence-electron chi connectivity index (χ3n) is 2.86. The standard InChI is InChI=1S/C14H28N2O2/c1-9(2)7-11(5)13(17)16-12(8-10(3)4)14(18)15-6/h9-12H,7-8H2,1-6H3,(H,15,18)(H,16,17)/t11?,12-/m0/s1. The molecule has 0 aromatic rings. The third kappa shape index (κ3) is 6.62. The molecular weight excluding hydrogens is 228 g/mol. The van der Waals surface area contributed by atoms with Crippen molar-refractivity contribution in [2.75, 3.05) is 7.05 Å². The maximum absolute atomic E-state index is 12.0. The predicted octanol–water partition coefficient (Wildman–Crippen LogP) is 1.95. The number of likely N-dealkylation sites (N-methyl/N-ethyl adjacent to an activating group) is 1. The van der Waals surface area contributed by atoms with Crippen LogP contribution in [0.15, 0.2) is 0 Å². The van der Waals surface area contributed by atoms with E-state index in [2.05, 4.69) is 24.5 Å². The zero-order valence-electron chi connectivity index (χ0n) is 12.5. The van der Waals surface area contributed by atoms with Gasteiger partial charge >= 0.3 is 0 Å². The zero-order chi connectivity index (χ0) is 14.3. The summed E-state index contributed by atoms with van der Waals surface area (Å²) in [7, 11) is 1.60. The monoisotopic (exact) mass is 256 g/mol. The maximum Gasteiger partial charge on any atom is 0.242 e. The number of hydrogen-bond acceptors (Lipinski definition) is 2. The Morgan fingerprint density at radius 1 is 0.889 bits per heavy atom. The molecular formula is C14H28N2O2. The Bertz CT molecular complexity index is 275. The van der Waals surface area contributed by atoms with Crippen molar-refractivity contribution >= 4 is 11.8 Å². The second-order valence-corrected chi connectivity index (χ2v) is 5.84. The van der Waals surface area contributed by atoms with Gasteiger partial charge in [0, 0.05) is 13.0 Å². The summed E-state index contributed by atoms with van der Waals surface area (Å²) in [6, 6.07) is -0.419. The summed E-state index contributed by atoms with van der Waals surface area (Å²) in [5, 5.41) is 5.46. The van der Waals surface area contributed by atoms with E-state index < -0.39 is 6.04 Å². The van der Waals surface area contributed by atoms with Gasteiger partial charge < -0.3 is 10.6 Å². The first kappa shape index (κ1) is 16.9. The van der Waals surface area contributed by atoms with Gasteiger partial charge in [-0.15, -0.1) is 0 Å². The van der Waals surface area contributed by atoms with Crippen LogP contribution in [0.2, 0.25) is 0 Å². The Kier molecular flexibility index (Phi) is 7.64. The van der Waals surface area contributed by atoms with Crippen LogP contribution in [0.4, 0.5) is 0 Å². The topological polar surface area (TPSA) is 58.2 Å². The summed E-state index contributed by atoms with van der Waals surface area (Å²) in [5.74, 6) is 0.651. The molecule has 0 aliphatic carbocycles. The Hall–Kier alpha value is -1.06. The molecule has 0 spiro atoms. The van der Waals surface area contributed by atoms with Crippen LogP contribution in [0, 0.1) is 17.8 Å². The molecule has 18 heavy (non-hydrogen) atoms. The van der Waals surface area contributed by atoms with E-state index in [0.717, 1.165) is 6.42 Å². The Morgan fingerprint density at radius 3 is 1.78 bits per heavy atom. The summed E-state index contributed by atoms with van der Waals surface area (Å²) in [6.45, 7) is 10.2. The molecule has 0 rings (SSSR count). The minimum atomic E-state index is -0.419. The first-order chi connectivity index (χ1) is 8.27. The molecule has 0 aromatic carbocycles. The second-order valence-electron chi connectivity index (χ2n) is 5.84. The highest BCUT2D eigenvalue weighted by Crippen LogP contribution is 2.12. The number of rotatable bonds is 7. The molecule has 0 aliphatic heterocycles. The number of nitrogens with one attached hydrogen (secondary N) is 2. The smallest absolute Gasteiger partial charge is 0.242 e. The predicted molar refractivity (Wildman–Crippen MR) is 74.1 cm³/mol. The lowest BCUT2D eigenvalue weighted by Crippen LogP contribution is -2.48. The Labute approximate surface area is 111 Å². The van der Waals surface area contributed by atoms with Gasteiger partial charge in [-0.2, -0.15) is 0 Å². The minimum Gasteiger partial charge on any atom is -0.357 e. The quantitative estimate of drug-likeness (QED) is 0.731. The number of carbonyl (C=O) groups is 2. The molecule has 4 nitrogen and oxygen atoms in total. The molecule has 0 radical (unpaired) electrons. The fourth-order valence-corrected chi connectivity index (χ4v) is 2.01. The second kappa shape index (κ2) is 8.11. The molecule has 2 amide bonds. The molecule has 106 valence electrons. The molecule has 0 saturated carbocycles. The fraction of sp³-hybridized carbons (Fsp3) is 0.857. The van der Waals surface area contributed by atoms with E-state index in [1.54, 1.807) is 7.05 Å². The lowest BCUT2D eigenvalue weighted by Gasteiger charge is -2.22. The molecule has 2 N–H and O–H groups in total. The minimum absolute atomic E-state index is 0.0297. The van der Waals surface area contributed by atoms with Gasteiger partial charge in [-0.3, -0.25) is 9.59 Å². The van der Waals surface area contributed by atoms with Crippen LogP contribution in [0.5, 0.6) is 0 Å². The molecule has 4 heteroatoms. The van der Waals surface area contributed by atoms with Crippen molar-refractivity contribution in [3.63, 3.8) is 0 Å². The maximum atomic E-state index is 12.0. The highest BCUT2D eigenvalue weighted by molar-refractivity contribution is 5.88. The van der Waals surface area contributed by atoms with Crippen LogP contribution in [-0.2, 0) is 9.59 Å². The zero-order valence-corrected chi connectivity index (χ0v) is 12.5. The van der Waals surface area contributed by atoms with Crippen molar-refractivity contribution < 1.29 is 9.59 Å². The Balaban J connectivity index is 4.47. The van der Waals surface area contributed by atoms with Crippen LogP contribution in [-0.4, -0.2) is 24.9 Å². The normalized spacial score (nSPS) is 14.4.